The van der Waals surface area contributed by atoms with Gasteiger partial charge in [0.15, 0.2) is 0 Å². The first-order valence-electron chi connectivity index (χ1n) is 10.5. The highest BCUT2D eigenvalue weighted by molar-refractivity contribution is 7.57. The molecular weight excluding hydrogens is 398 g/mol. The minimum absolute atomic E-state index is 0.413. The lowest BCUT2D eigenvalue weighted by Crippen LogP contribution is -1.98. The standard InChI is InChI=1S/C20H40O6P2/c1-5-9-17-23-27(21,7-3)25-19-15-13-11-12-14-16-20-26-28(22,8-4)24-18-10-6-2/h7-8H,3-6,9-20H2,1-2H3. The van der Waals surface area contributed by atoms with Crippen molar-refractivity contribution >= 4 is 15.2 Å². The summed E-state index contributed by atoms with van der Waals surface area (Å²) in [5, 5.41) is 0. The molecule has 0 saturated carbocycles. The minimum atomic E-state index is -3.13. The van der Waals surface area contributed by atoms with Crippen molar-refractivity contribution in [1.29, 1.82) is 0 Å². The Kier molecular flexibility index (Phi) is 17.5. The molecule has 0 N–H and O–H groups in total. The predicted molar refractivity (Wildman–Crippen MR) is 117 cm³/mol. The summed E-state index contributed by atoms with van der Waals surface area (Å²) in [6.07, 6.45) is 9.48. The van der Waals surface area contributed by atoms with E-state index in [0.717, 1.165) is 64.2 Å². The summed E-state index contributed by atoms with van der Waals surface area (Å²) in [4.78, 5) is 0. The second-order valence-electron chi connectivity index (χ2n) is 6.61. The molecule has 2 unspecified atom stereocenters. The van der Waals surface area contributed by atoms with Crippen LogP contribution in [0.15, 0.2) is 24.8 Å². The van der Waals surface area contributed by atoms with Crippen molar-refractivity contribution < 1.29 is 27.2 Å². The van der Waals surface area contributed by atoms with Crippen molar-refractivity contribution in [2.45, 2.75) is 78.1 Å². The molecule has 8 heteroatoms. The molecule has 2 atom stereocenters. The summed E-state index contributed by atoms with van der Waals surface area (Å²) in [5.41, 5.74) is 0. The summed E-state index contributed by atoms with van der Waals surface area (Å²) in [6.45, 7) is 12.9. The Labute approximate surface area is 172 Å². The third kappa shape index (κ3) is 14.7. The van der Waals surface area contributed by atoms with Gasteiger partial charge >= 0.3 is 15.2 Å². The highest BCUT2D eigenvalue weighted by atomic mass is 31.2. The van der Waals surface area contributed by atoms with Crippen LogP contribution in [0.3, 0.4) is 0 Å². The van der Waals surface area contributed by atoms with E-state index >= 15 is 0 Å². The first-order chi connectivity index (χ1) is 13.4. The van der Waals surface area contributed by atoms with Gasteiger partial charge in [0.05, 0.1) is 26.4 Å². The third-order valence-corrected chi connectivity index (χ3v) is 7.13. The highest BCUT2D eigenvalue weighted by Crippen LogP contribution is 2.50. The van der Waals surface area contributed by atoms with Gasteiger partial charge in [0, 0.05) is 11.6 Å². The zero-order chi connectivity index (χ0) is 21.1. The molecule has 0 aliphatic carbocycles. The lowest BCUT2D eigenvalue weighted by Gasteiger charge is -2.15. The van der Waals surface area contributed by atoms with E-state index in [1.165, 1.54) is 11.6 Å². The second-order valence-corrected chi connectivity index (χ2v) is 10.5. The Hall–Kier alpha value is -0.220. The van der Waals surface area contributed by atoms with E-state index in [-0.39, 0.29) is 0 Å². The molecule has 0 fully saturated rings. The summed E-state index contributed by atoms with van der Waals surface area (Å²) >= 11 is 0. The molecule has 0 radical (unpaired) electrons. The largest absolute Gasteiger partial charge is 0.353 e. The molecule has 166 valence electrons. The maximum atomic E-state index is 12.2. The van der Waals surface area contributed by atoms with Crippen LogP contribution in [0, 0.1) is 0 Å². The first-order valence-corrected chi connectivity index (χ1v) is 13.7. The summed E-state index contributed by atoms with van der Waals surface area (Å²) in [5.74, 6) is 2.58. The lowest BCUT2D eigenvalue weighted by atomic mass is 10.1. The number of rotatable bonds is 21. The maximum Gasteiger partial charge on any atom is 0.353 e. The van der Waals surface area contributed by atoms with Gasteiger partial charge in [0.25, 0.3) is 0 Å². The van der Waals surface area contributed by atoms with E-state index < -0.39 is 15.2 Å². The summed E-state index contributed by atoms with van der Waals surface area (Å²) in [7, 11) is -6.26. The van der Waals surface area contributed by atoms with Crippen LogP contribution >= 0.6 is 15.2 Å². The number of hydrogen-bond donors (Lipinski definition) is 0. The Morgan fingerprint density at radius 3 is 1.14 bits per heavy atom. The van der Waals surface area contributed by atoms with Gasteiger partial charge in [-0.15, -0.1) is 0 Å². The Morgan fingerprint density at radius 1 is 0.571 bits per heavy atom. The van der Waals surface area contributed by atoms with Gasteiger partial charge in [-0.25, -0.2) is 0 Å². The van der Waals surface area contributed by atoms with E-state index in [4.69, 9.17) is 18.1 Å². The van der Waals surface area contributed by atoms with Crippen LogP contribution in [-0.2, 0) is 27.2 Å². The minimum Gasteiger partial charge on any atom is -0.306 e. The van der Waals surface area contributed by atoms with Crippen LogP contribution in [0.4, 0.5) is 0 Å². The predicted octanol–water partition coefficient (Wildman–Crippen LogP) is 7.67. The van der Waals surface area contributed by atoms with Crippen molar-refractivity contribution in [3.63, 3.8) is 0 Å². The molecular formula is C20H40O6P2. The average Bonchev–Trinajstić information content (AvgIpc) is 2.70. The molecule has 0 bridgehead atoms. The van der Waals surface area contributed by atoms with Crippen LogP contribution in [0.2, 0.25) is 0 Å². The molecule has 0 aromatic rings. The third-order valence-electron chi connectivity index (χ3n) is 4.07. The smallest absolute Gasteiger partial charge is 0.306 e. The van der Waals surface area contributed by atoms with E-state index in [0.29, 0.717) is 26.4 Å². The fourth-order valence-electron chi connectivity index (χ4n) is 2.25. The normalized spacial score (nSPS) is 15.6. The van der Waals surface area contributed by atoms with E-state index in [2.05, 4.69) is 27.0 Å². The quantitative estimate of drug-likeness (QED) is 0.135. The van der Waals surface area contributed by atoms with E-state index in [1.807, 2.05) is 0 Å². The Bertz CT molecular complexity index is 451. The summed E-state index contributed by atoms with van der Waals surface area (Å²) < 4.78 is 45.9. The van der Waals surface area contributed by atoms with Gasteiger partial charge in [-0.3, -0.25) is 9.13 Å². The molecule has 0 amide bonds. The topological polar surface area (TPSA) is 71.1 Å². The molecule has 0 aromatic heterocycles. The van der Waals surface area contributed by atoms with Gasteiger partial charge in [-0.05, 0) is 25.7 Å². The molecule has 0 aliphatic rings. The van der Waals surface area contributed by atoms with Crippen molar-refractivity contribution in [2.75, 3.05) is 26.4 Å². The number of unbranched alkanes of at least 4 members (excludes halogenated alkanes) is 7. The Morgan fingerprint density at radius 2 is 0.857 bits per heavy atom. The Balaban J connectivity index is 3.68. The van der Waals surface area contributed by atoms with E-state index in [9.17, 15) is 9.13 Å². The summed E-state index contributed by atoms with van der Waals surface area (Å²) in [6, 6.07) is 0. The van der Waals surface area contributed by atoms with Crippen LogP contribution in [0.5, 0.6) is 0 Å². The molecule has 0 spiro atoms. The van der Waals surface area contributed by atoms with Crippen molar-refractivity contribution in [1.82, 2.24) is 0 Å². The van der Waals surface area contributed by atoms with Gasteiger partial charge < -0.3 is 18.1 Å². The molecule has 28 heavy (non-hydrogen) atoms. The van der Waals surface area contributed by atoms with Gasteiger partial charge in [0.2, 0.25) is 0 Å². The molecule has 0 aromatic carbocycles. The molecule has 6 nitrogen and oxygen atoms in total. The van der Waals surface area contributed by atoms with Gasteiger partial charge in [0.1, 0.15) is 0 Å². The number of hydrogen-bond acceptors (Lipinski definition) is 6. The zero-order valence-corrected chi connectivity index (χ0v) is 19.6. The SMILES string of the molecule is C=CP(=O)(OCCCC)OCCCCCCCCOP(=O)(C=C)OCCCC. The molecule has 0 rings (SSSR count). The average molecular weight is 438 g/mol. The van der Waals surface area contributed by atoms with Crippen LogP contribution < -0.4 is 0 Å². The maximum absolute atomic E-state index is 12.2. The van der Waals surface area contributed by atoms with Crippen LogP contribution in [0.25, 0.3) is 0 Å². The highest BCUT2D eigenvalue weighted by Gasteiger charge is 2.19. The van der Waals surface area contributed by atoms with Crippen molar-refractivity contribution in [3.8, 4) is 0 Å². The second kappa shape index (κ2) is 17.6. The van der Waals surface area contributed by atoms with Crippen LogP contribution in [0.1, 0.15) is 78.1 Å². The van der Waals surface area contributed by atoms with Gasteiger partial charge in [-0.2, -0.15) is 0 Å². The van der Waals surface area contributed by atoms with Crippen LogP contribution in [-0.4, -0.2) is 26.4 Å². The van der Waals surface area contributed by atoms with Crippen molar-refractivity contribution in [2.24, 2.45) is 0 Å². The lowest BCUT2D eigenvalue weighted by molar-refractivity contribution is 0.203. The molecule has 0 aliphatic heterocycles. The monoisotopic (exact) mass is 438 g/mol. The zero-order valence-electron chi connectivity index (χ0n) is 17.8. The fraction of sp³-hybridized carbons (Fsp3) is 0.800. The van der Waals surface area contributed by atoms with Gasteiger partial charge in [-0.1, -0.05) is 65.5 Å². The van der Waals surface area contributed by atoms with Crippen molar-refractivity contribution in [3.05, 3.63) is 24.8 Å². The van der Waals surface area contributed by atoms with E-state index in [1.54, 1.807) is 0 Å². The molecule has 0 saturated heterocycles. The first kappa shape index (κ1) is 27.8. The molecule has 0 heterocycles. The fourth-order valence-corrected chi connectivity index (χ4v) is 4.36.